The van der Waals surface area contributed by atoms with Crippen LogP contribution in [0, 0.1) is 17.6 Å². The lowest BCUT2D eigenvalue weighted by Crippen LogP contribution is -2.40. The van der Waals surface area contributed by atoms with E-state index in [0.717, 1.165) is 18.6 Å². The van der Waals surface area contributed by atoms with E-state index in [0.29, 0.717) is 30.5 Å². The number of aromatic nitrogens is 5. The van der Waals surface area contributed by atoms with Gasteiger partial charge in [0.05, 0.1) is 17.0 Å². The summed E-state index contributed by atoms with van der Waals surface area (Å²) in [5.74, 6) is -4.04. The molecule has 2 N–H and O–H groups in total. The monoisotopic (exact) mass is 495 g/mol. The first kappa shape index (κ1) is 23.3. The van der Waals surface area contributed by atoms with Crippen molar-refractivity contribution in [3.05, 3.63) is 66.9 Å². The highest BCUT2D eigenvalue weighted by Crippen LogP contribution is 2.36. The van der Waals surface area contributed by atoms with Gasteiger partial charge in [-0.15, -0.1) is 0 Å². The summed E-state index contributed by atoms with van der Waals surface area (Å²) in [6.07, 6.45) is 3.98. The molecular weight excluding hydrogens is 475 g/mol. The van der Waals surface area contributed by atoms with Gasteiger partial charge in [0.25, 0.3) is 0 Å². The van der Waals surface area contributed by atoms with Crippen molar-refractivity contribution < 1.29 is 22.7 Å². The Balaban J connectivity index is 1.54. The highest BCUT2D eigenvalue weighted by Gasteiger charge is 2.29. The zero-order valence-electron chi connectivity index (χ0n) is 18.9. The van der Waals surface area contributed by atoms with Crippen LogP contribution in [0.1, 0.15) is 18.9 Å². The van der Waals surface area contributed by atoms with Crippen LogP contribution in [0.4, 0.5) is 19.0 Å². The van der Waals surface area contributed by atoms with Gasteiger partial charge in [-0.25, -0.2) is 23.4 Å². The molecule has 1 unspecified atom stereocenters. The van der Waals surface area contributed by atoms with E-state index in [2.05, 4.69) is 26.6 Å². The van der Waals surface area contributed by atoms with Crippen LogP contribution in [0.25, 0.3) is 22.3 Å². The van der Waals surface area contributed by atoms with Crippen LogP contribution in [0.2, 0.25) is 0 Å². The number of pyridine rings is 1. The lowest BCUT2D eigenvalue weighted by atomic mass is 10.1. The molecule has 1 amide bonds. The highest BCUT2D eigenvalue weighted by molar-refractivity contribution is 5.98. The number of ether oxygens (including phenoxy) is 1. The molecule has 0 radical (unpaired) electrons. The molecule has 1 aliphatic rings. The number of benzene rings is 1. The molecular formula is C24H20F3N7O2. The summed E-state index contributed by atoms with van der Waals surface area (Å²) in [7, 11) is 0. The Morgan fingerprint density at radius 2 is 1.94 bits per heavy atom. The van der Waals surface area contributed by atoms with Gasteiger partial charge in [0, 0.05) is 19.2 Å². The highest BCUT2D eigenvalue weighted by atomic mass is 19.1. The number of para-hydroxylation sites is 1. The average Bonchev–Trinajstić information content (AvgIpc) is 3.27. The lowest BCUT2D eigenvalue weighted by molar-refractivity contribution is -0.127. The molecule has 1 fully saturated rings. The second kappa shape index (κ2) is 9.29. The number of nitrogens with zero attached hydrogens (tertiary/aromatic N) is 6. The number of anilines is 1. The summed E-state index contributed by atoms with van der Waals surface area (Å²) < 4.78 is 49.8. The zero-order chi connectivity index (χ0) is 25.4. The minimum Gasteiger partial charge on any atom is -0.433 e. The van der Waals surface area contributed by atoms with Crippen molar-refractivity contribution in [3.8, 4) is 22.9 Å². The number of halogens is 3. The van der Waals surface area contributed by atoms with Crippen LogP contribution in [0.3, 0.4) is 0 Å². The third-order valence-electron chi connectivity index (χ3n) is 5.95. The Hall–Kier alpha value is -4.48. The fourth-order valence-corrected chi connectivity index (χ4v) is 4.26. The Morgan fingerprint density at radius 3 is 2.67 bits per heavy atom. The van der Waals surface area contributed by atoms with Crippen LogP contribution in [0.15, 0.2) is 49.3 Å². The fourth-order valence-electron chi connectivity index (χ4n) is 4.26. The number of fused-ring (bicyclic) bond motifs is 1. The van der Waals surface area contributed by atoms with Crippen LogP contribution in [-0.4, -0.2) is 48.6 Å². The maximum Gasteiger partial charge on any atom is 0.246 e. The van der Waals surface area contributed by atoms with E-state index in [1.807, 2.05) is 0 Å². The predicted molar refractivity (Wildman–Crippen MR) is 124 cm³/mol. The second-order valence-corrected chi connectivity index (χ2v) is 8.18. The summed E-state index contributed by atoms with van der Waals surface area (Å²) in [5, 5.41) is 4.91. The maximum absolute atomic E-state index is 15.2. The first-order chi connectivity index (χ1) is 17.4. The Kier molecular flexibility index (Phi) is 6.00. The first-order valence-corrected chi connectivity index (χ1v) is 11.1. The molecule has 4 heterocycles. The van der Waals surface area contributed by atoms with Crippen LogP contribution >= 0.6 is 0 Å². The van der Waals surface area contributed by atoms with Gasteiger partial charge in [0.1, 0.15) is 17.8 Å². The number of carbonyl (C=O) groups is 1. The Morgan fingerprint density at radius 1 is 1.17 bits per heavy atom. The van der Waals surface area contributed by atoms with Crippen LogP contribution < -0.4 is 10.5 Å². The van der Waals surface area contributed by atoms with Gasteiger partial charge >= 0.3 is 0 Å². The van der Waals surface area contributed by atoms with Gasteiger partial charge in [-0.1, -0.05) is 12.6 Å². The van der Waals surface area contributed by atoms with E-state index >= 15 is 4.39 Å². The minimum absolute atomic E-state index is 0.0311. The third kappa shape index (κ3) is 4.10. The number of nitrogen functional groups attached to an aromatic ring is 1. The smallest absolute Gasteiger partial charge is 0.246 e. The van der Waals surface area contributed by atoms with Gasteiger partial charge in [-0.05, 0) is 37.1 Å². The molecule has 1 aliphatic heterocycles. The zero-order valence-corrected chi connectivity index (χ0v) is 18.9. The summed E-state index contributed by atoms with van der Waals surface area (Å²) in [4.78, 5) is 25.9. The summed E-state index contributed by atoms with van der Waals surface area (Å²) >= 11 is 0. The summed E-state index contributed by atoms with van der Waals surface area (Å²) in [6, 6.07) is 5.56. The summed E-state index contributed by atoms with van der Waals surface area (Å²) in [5.41, 5.74) is 6.61. The number of rotatable bonds is 5. The number of likely N-dealkylation sites (tertiary alicyclic amines) is 1. The van der Waals surface area contributed by atoms with E-state index in [4.69, 9.17) is 10.5 Å². The largest absolute Gasteiger partial charge is 0.433 e. The van der Waals surface area contributed by atoms with Crippen molar-refractivity contribution >= 4 is 22.8 Å². The average molecular weight is 495 g/mol. The predicted octanol–water partition coefficient (Wildman–Crippen LogP) is 4.03. The molecule has 0 spiro atoms. The van der Waals surface area contributed by atoms with Crippen LogP contribution in [-0.2, 0) is 4.79 Å². The van der Waals surface area contributed by atoms with Gasteiger partial charge in [0.2, 0.25) is 23.5 Å². The van der Waals surface area contributed by atoms with E-state index in [9.17, 15) is 13.6 Å². The van der Waals surface area contributed by atoms with Gasteiger partial charge in [-0.2, -0.15) is 14.5 Å². The van der Waals surface area contributed by atoms with E-state index in [1.54, 1.807) is 9.58 Å². The molecule has 3 aromatic heterocycles. The number of amides is 1. The van der Waals surface area contributed by atoms with Crippen molar-refractivity contribution in [2.24, 2.45) is 0 Å². The topological polar surface area (TPSA) is 112 Å². The Bertz CT molecular complexity index is 1470. The minimum atomic E-state index is -0.994. The van der Waals surface area contributed by atoms with E-state index < -0.39 is 23.3 Å². The van der Waals surface area contributed by atoms with Crippen molar-refractivity contribution in [3.63, 3.8) is 0 Å². The first-order valence-electron chi connectivity index (χ1n) is 11.1. The molecule has 1 aromatic carbocycles. The Labute approximate surface area is 203 Å². The molecule has 1 saturated heterocycles. The maximum atomic E-state index is 15.2. The molecule has 12 heteroatoms. The molecule has 36 heavy (non-hydrogen) atoms. The molecule has 184 valence electrons. The number of hydrogen-bond acceptors (Lipinski definition) is 7. The number of nitrogens with two attached hydrogens (primary N) is 1. The fraction of sp³-hybridized carbons (Fsp3) is 0.208. The normalized spacial score (nSPS) is 15.8. The quantitative estimate of drug-likeness (QED) is 0.329. The summed E-state index contributed by atoms with van der Waals surface area (Å²) in [6.45, 7) is 4.50. The van der Waals surface area contributed by atoms with E-state index in [-0.39, 0.29) is 34.9 Å². The lowest BCUT2D eigenvalue weighted by Gasteiger charge is -2.32. The van der Waals surface area contributed by atoms with E-state index in [1.165, 1.54) is 30.6 Å². The second-order valence-electron chi connectivity index (χ2n) is 8.18. The third-order valence-corrected chi connectivity index (χ3v) is 5.95. The van der Waals surface area contributed by atoms with Gasteiger partial charge in [0.15, 0.2) is 17.3 Å². The van der Waals surface area contributed by atoms with Crippen molar-refractivity contribution in [2.45, 2.75) is 18.9 Å². The van der Waals surface area contributed by atoms with Crippen molar-refractivity contribution in [1.82, 2.24) is 29.6 Å². The number of carbonyl (C=O) groups excluding carboxylic acids is 1. The standard InChI is InChI=1S/C24H20F3N7O2/c1-2-18(35)33-10-4-5-13(11-33)34-24-19(23(28)29-12-30-24)20(32-34)14-8-9-17(31-22(14)27)36-21-15(25)6-3-7-16(21)26/h2-3,6-9,12-13H,1,4-5,10-11H2,(H2,28,29,30). The molecule has 0 saturated carbocycles. The molecule has 5 rings (SSSR count). The molecule has 9 nitrogen and oxygen atoms in total. The van der Waals surface area contributed by atoms with Gasteiger partial charge in [-0.3, -0.25) is 4.79 Å². The molecule has 0 bridgehead atoms. The van der Waals surface area contributed by atoms with Crippen LogP contribution in [0.5, 0.6) is 11.6 Å². The molecule has 0 aliphatic carbocycles. The molecule has 4 aromatic rings. The number of piperidine rings is 1. The SMILES string of the molecule is C=CC(=O)N1CCCC(n2nc(-c3ccc(Oc4c(F)cccc4F)nc3F)c3c(N)ncnc32)C1. The van der Waals surface area contributed by atoms with Crippen molar-refractivity contribution in [1.29, 1.82) is 0 Å². The number of hydrogen-bond donors (Lipinski definition) is 1. The van der Waals surface area contributed by atoms with Crippen molar-refractivity contribution in [2.75, 3.05) is 18.8 Å². The molecule has 1 atom stereocenters. The van der Waals surface area contributed by atoms with Gasteiger partial charge < -0.3 is 15.4 Å².